The van der Waals surface area contributed by atoms with Crippen molar-refractivity contribution in [3.63, 3.8) is 0 Å². The fourth-order valence-corrected chi connectivity index (χ4v) is 3.84. The van der Waals surface area contributed by atoms with Crippen LogP contribution in [0.15, 0.2) is 82.0 Å². The molecule has 4 nitrogen and oxygen atoms in total. The van der Waals surface area contributed by atoms with Crippen LogP contribution in [0.25, 0.3) is 22.3 Å². The molecular formula is C30H31NO3. The lowest BCUT2D eigenvalue weighted by atomic mass is 9.86. The lowest BCUT2D eigenvalue weighted by molar-refractivity contribution is 0.102. The van der Waals surface area contributed by atoms with Crippen LogP contribution in [0.2, 0.25) is 0 Å². The van der Waals surface area contributed by atoms with E-state index >= 15 is 0 Å². The molecule has 1 aromatic heterocycles. The third-order valence-corrected chi connectivity index (χ3v) is 6.03. The fourth-order valence-electron chi connectivity index (χ4n) is 3.84. The van der Waals surface area contributed by atoms with Gasteiger partial charge in [0.15, 0.2) is 5.43 Å². The Hall–Kier alpha value is -3.66. The molecule has 0 radical (unpaired) electrons. The van der Waals surface area contributed by atoms with Crippen molar-refractivity contribution in [2.75, 3.05) is 5.32 Å². The van der Waals surface area contributed by atoms with Gasteiger partial charge in [0.1, 0.15) is 11.3 Å². The van der Waals surface area contributed by atoms with Crippen LogP contribution in [0, 0.1) is 0 Å². The molecule has 0 atom stereocenters. The number of carbonyl (C=O) groups excluding carboxylic acids is 1. The van der Waals surface area contributed by atoms with Crippen LogP contribution in [-0.4, -0.2) is 5.91 Å². The molecule has 0 bridgehead atoms. The fraction of sp³-hybridized carbons (Fsp3) is 0.267. The van der Waals surface area contributed by atoms with Gasteiger partial charge < -0.3 is 9.73 Å². The second-order valence-electron chi connectivity index (χ2n) is 10.8. The zero-order valence-electron chi connectivity index (χ0n) is 20.7. The average Bonchev–Trinajstić information content (AvgIpc) is 2.78. The highest BCUT2D eigenvalue weighted by Gasteiger charge is 2.16. The number of rotatable bonds is 3. The van der Waals surface area contributed by atoms with Crippen LogP contribution in [-0.2, 0) is 10.8 Å². The van der Waals surface area contributed by atoms with Crippen molar-refractivity contribution >= 4 is 22.6 Å². The molecule has 0 aliphatic carbocycles. The number of fused-ring (bicyclic) bond motifs is 1. The first kappa shape index (κ1) is 23.5. The molecule has 1 heterocycles. The van der Waals surface area contributed by atoms with Crippen LogP contribution >= 0.6 is 0 Å². The van der Waals surface area contributed by atoms with E-state index in [0.717, 1.165) is 11.1 Å². The Kier molecular flexibility index (Phi) is 5.94. The first-order valence-electron chi connectivity index (χ1n) is 11.5. The minimum absolute atomic E-state index is 0.0227. The highest BCUT2D eigenvalue weighted by Crippen LogP contribution is 2.28. The number of nitrogens with one attached hydrogen (secondary N) is 1. The van der Waals surface area contributed by atoms with Crippen molar-refractivity contribution in [3.8, 4) is 11.3 Å². The predicted molar refractivity (Wildman–Crippen MR) is 140 cm³/mol. The van der Waals surface area contributed by atoms with Gasteiger partial charge >= 0.3 is 0 Å². The van der Waals surface area contributed by atoms with E-state index in [0.29, 0.717) is 28.0 Å². The quantitative estimate of drug-likeness (QED) is 0.354. The molecule has 0 unspecified atom stereocenters. The molecule has 34 heavy (non-hydrogen) atoms. The SMILES string of the molecule is CC(C)(C)c1ccc(C(=O)Nc2ccc3oc(-c4ccc(C(C)(C)C)cc4)cc(=O)c3c2)cc1. The number of benzene rings is 3. The highest BCUT2D eigenvalue weighted by atomic mass is 16.3. The Morgan fingerprint density at radius 2 is 1.29 bits per heavy atom. The Balaban J connectivity index is 1.58. The summed E-state index contributed by atoms with van der Waals surface area (Å²) in [6.45, 7) is 12.9. The number of hydrogen-bond acceptors (Lipinski definition) is 3. The molecule has 0 aliphatic heterocycles. The summed E-state index contributed by atoms with van der Waals surface area (Å²) in [5.41, 5.74) is 4.75. The normalized spacial score (nSPS) is 12.1. The minimum atomic E-state index is -0.222. The molecule has 1 amide bonds. The molecule has 0 aliphatic rings. The maximum absolute atomic E-state index is 12.9. The zero-order valence-corrected chi connectivity index (χ0v) is 20.7. The molecule has 4 rings (SSSR count). The van der Waals surface area contributed by atoms with E-state index in [4.69, 9.17) is 4.42 Å². The van der Waals surface area contributed by atoms with Crippen LogP contribution in [0.1, 0.15) is 63.0 Å². The summed E-state index contributed by atoms with van der Waals surface area (Å²) in [6, 6.07) is 22.3. The monoisotopic (exact) mass is 453 g/mol. The second kappa shape index (κ2) is 8.60. The van der Waals surface area contributed by atoms with Gasteiger partial charge in [-0.1, -0.05) is 77.9 Å². The van der Waals surface area contributed by atoms with E-state index in [1.807, 2.05) is 36.4 Å². The second-order valence-corrected chi connectivity index (χ2v) is 10.8. The topological polar surface area (TPSA) is 59.3 Å². The van der Waals surface area contributed by atoms with E-state index in [-0.39, 0.29) is 22.2 Å². The van der Waals surface area contributed by atoms with Crippen LogP contribution in [0.5, 0.6) is 0 Å². The van der Waals surface area contributed by atoms with E-state index in [9.17, 15) is 9.59 Å². The average molecular weight is 454 g/mol. The molecule has 4 heteroatoms. The summed E-state index contributed by atoms with van der Waals surface area (Å²) in [5.74, 6) is 0.299. The van der Waals surface area contributed by atoms with Crippen LogP contribution < -0.4 is 10.7 Å². The lowest BCUT2D eigenvalue weighted by Crippen LogP contribution is -2.14. The van der Waals surface area contributed by atoms with Crippen molar-refractivity contribution < 1.29 is 9.21 Å². The van der Waals surface area contributed by atoms with Gasteiger partial charge in [-0.2, -0.15) is 0 Å². The summed E-state index contributed by atoms with van der Waals surface area (Å²) in [4.78, 5) is 25.6. The lowest BCUT2D eigenvalue weighted by Gasteiger charge is -2.19. The first-order valence-corrected chi connectivity index (χ1v) is 11.5. The Labute approximate surface area is 200 Å². The summed E-state index contributed by atoms with van der Waals surface area (Å²) in [5, 5.41) is 3.31. The summed E-state index contributed by atoms with van der Waals surface area (Å²) in [7, 11) is 0. The van der Waals surface area contributed by atoms with E-state index in [2.05, 4.69) is 59.0 Å². The van der Waals surface area contributed by atoms with Crippen LogP contribution in [0.4, 0.5) is 5.69 Å². The van der Waals surface area contributed by atoms with E-state index in [1.165, 1.54) is 11.6 Å². The maximum atomic E-state index is 12.9. The Morgan fingerprint density at radius 1 is 0.735 bits per heavy atom. The van der Waals surface area contributed by atoms with Crippen molar-refractivity contribution in [2.24, 2.45) is 0 Å². The van der Waals surface area contributed by atoms with Gasteiger partial charge in [0.2, 0.25) is 0 Å². The van der Waals surface area contributed by atoms with Gasteiger partial charge in [0.25, 0.3) is 5.91 Å². The van der Waals surface area contributed by atoms with Gasteiger partial charge in [-0.05, 0) is 52.3 Å². The van der Waals surface area contributed by atoms with Crippen molar-refractivity contribution in [2.45, 2.75) is 52.4 Å². The molecule has 4 aromatic rings. The number of carbonyl (C=O) groups is 1. The zero-order chi connectivity index (χ0) is 24.7. The van der Waals surface area contributed by atoms with E-state index in [1.54, 1.807) is 18.2 Å². The van der Waals surface area contributed by atoms with Gasteiger partial charge in [0, 0.05) is 22.9 Å². The Morgan fingerprint density at radius 3 is 1.85 bits per heavy atom. The predicted octanol–water partition coefficient (Wildman–Crippen LogP) is 7.31. The Bertz CT molecular complexity index is 1400. The third-order valence-electron chi connectivity index (χ3n) is 6.03. The molecule has 3 aromatic carbocycles. The summed E-state index contributed by atoms with van der Waals surface area (Å²) in [6.07, 6.45) is 0. The smallest absolute Gasteiger partial charge is 0.255 e. The molecule has 1 N–H and O–H groups in total. The van der Waals surface area contributed by atoms with Gasteiger partial charge in [-0.3, -0.25) is 9.59 Å². The summed E-state index contributed by atoms with van der Waals surface area (Å²) >= 11 is 0. The van der Waals surface area contributed by atoms with Gasteiger partial charge in [0.05, 0.1) is 5.39 Å². The number of hydrogen-bond donors (Lipinski definition) is 1. The summed E-state index contributed by atoms with van der Waals surface area (Å²) < 4.78 is 6.03. The molecule has 174 valence electrons. The minimum Gasteiger partial charge on any atom is -0.456 e. The van der Waals surface area contributed by atoms with E-state index < -0.39 is 0 Å². The third kappa shape index (κ3) is 4.96. The van der Waals surface area contributed by atoms with Crippen molar-refractivity contribution in [1.29, 1.82) is 0 Å². The maximum Gasteiger partial charge on any atom is 0.255 e. The van der Waals surface area contributed by atoms with Gasteiger partial charge in [-0.15, -0.1) is 0 Å². The molecule has 0 saturated carbocycles. The standard InChI is InChI=1S/C30H31NO3/c1-29(2,3)21-11-7-19(8-12-21)27-18-25(32)24-17-23(15-16-26(24)34-27)31-28(33)20-9-13-22(14-10-20)30(4,5)6/h7-18H,1-6H3,(H,31,33). The van der Waals surface area contributed by atoms with Crippen molar-refractivity contribution in [3.05, 3.63) is 99.7 Å². The molecular weight excluding hydrogens is 422 g/mol. The number of anilines is 1. The molecule has 0 fully saturated rings. The largest absolute Gasteiger partial charge is 0.456 e. The van der Waals surface area contributed by atoms with Gasteiger partial charge in [-0.25, -0.2) is 0 Å². The highest BCUT2D eigenvalue weighted by molar-refractivity contribution is 6.05. The van der Waals surface area contributed by atoms with Crippen molar-refractivity contribution in [1.82, 2.24) is 0 Å². The van der Waals surface area contributed by atoms with Crippen LogP contribution in [0.3, 0.4) is 0 Å². The molecule has 0 saturated heterocycles. The first-order chi connectivity index (χ1) is 15.9. The number of amides is 1. The molecule has 0 spiro atoms.